The van der Waals surface area contributed by atoms with Gasteiger partial charge in [0.1, 0.15) is 0 Å². The lowest BCUT2D eigenvalue weighted by atomic mass is 10.0. The first-order valence-electron chi connectivity index (χ1n) is 4.70. The van der Waals surface area contributed by atoms with Gasteiger partial charge in [0, 0.05) is 11.8 Å². The molecular weight excluding hydrogens is 223 g/mol. The first kappa shape index (κ1) is 12.6. The van der Waals surface area contributed by atoms with Crippen molar-refractivity contribution in [2.24, 2.45) is 0 Å². The standard InChI is InChI=1S/C10H12F3NO2/c1-5(2)7-8(15)6(3)4-14-9(7)16-10(11,12)13/h4-5H,1-3H3,(H,14,15). The van der Waals surface area contributed by atoms with Crippen LogP contribution in [0.5, 0.6) is 5.88 Å². The van der Waals surface area contributed by atoms with E-state index in [0.29, 0.717) is 5.56 Å². The van der Waals surface area contributed by atoms with E-state index in [1.807, 2.05) is 0 Å². The molecule has 1 N–H and O–H groups in total. The molecule has 0 bridgehead atoms. The van der Waals surface area contributed by atoms with Crippen molar-refractivity contribution in [1.82, 2.24) is 4.98 Å². The molecule has 0 atom stereocenters. The predicted octanol–water partition coefficient (Wildman–Crippen LogP) is 2.71. The molecule has 0 unspecified atom stereocenters. The fourth-order valence-corrected chi connectivity index (χ4v) is 1.36. The number of H-pyrrole nitrogens is 1. The Morgan fingerprint density at radius 1 is 1.38 bits per heavy atom. The van der Waals surface area contributed by atoms with Crippen LogP contribution in [0.4, 0.5) is 13.2 Å². The quantitative estimate of drug-likeness (QED) is 0.856. The van der Waals surface area contributed by atoms with Gasteiger partial charge in [-0.3, -0.25) is 4.79 Å². The molecule has 16 heavy (non-hydrogen) atoms. The average molecular weight is 235 g/mol. The number of ether oxygens (including phenoxy) is 1. The smallest absolute Gasteiger partial charge is 0.389 e. The summed E-state index contributed by atoms with van der Waals surface area (Å²) in [5, 5.41) is 0. The summed E-state index contributed by atoms with van der Waals surface area (Å²) in [6.07, 6.45) is -3.60. The highest BCUT2D eigenvalue weighted by molar-refractivity contribution is 5.32. The second kappa shape index (κ2) is 4.19. The van der Waals surface area contributed by atoms with Crippen molar-refractivity contribution < 1.29 is 17.9 Å². The van der Waals surface area contributed by atoms with E-state index in [9.17, 15) is 18.0 Å². The number of rotatable bonds is 2. The Kier molecular flexibility index (Phi) is 3.30. The summed E-state index contributed by atoms with van der Waals surface area (Å²) in [5.41, 5.74) is -0.0523. The normalized spacial score (nSPS) is 11.9. The molecule has 0 aliphatic heterocycles. The second-order valence-corrected chi connectivity index (χ2v) is 3.75. The number of aryl methyl sites for hydroxylation is 1. The zero-order chi connectivity index (χ0) is 12.5. The molecule has 0 fully saturated rings. The number of hydrogen-bond acceptors (Lipinski definition) is 2. The van der Waals surface area contributed by atoms with Gasteiger partial charge in [0.25, 0.3) is 0 Å². The Labute approximate surface area is 90.2 Å². The second-order valence-electron chi connectivity index (χ2n) is 3.75. The lowest BCUT2D eigenvalue weighted by Gasteiger charge is -2.14. The molecule has 0 saturated heterocycles. The van der Waals surface area contributed by atoms with Crippen LogP contribution in [-0.4, -0.2) is 11.3 Å². The molecular formula is C10H12F3NO2. The third-order valence-corrected chi connectivity index (χ3v) is 2.06. The van der Waals surface area contributed by atoms with Crippen molar-refractivity contribution in [2.45, 2.75) is 33.1 Å². The van der Waals surface area contributed by atoms with Gasteiger partial charge in [0.2, 0.25) is 5.88 Å². The monoisotopic (exact) mass is 235 g/mol. The number of hydrogen-bond donors (Lipinski definition) is 1. The first-order chi connectivity index (χ1) is 7.22. The summed E-state index contributed by atoms with van der Waals surface area (Å²) < 4.78 is 40.0. The van der Waals surface area contributed by atoms with Crippen molar-refractivity contribution in [1.29, 1.82) is 0 Å². The van der Waals surface area contributed by atoms with E-state index in [2.05, 4.69) is 9.72 Å². The van der Waals surface area contributed by atoms with Crippen LogP contribution >= 0.6 is 0 Å². The van der Waals surface area contributed by atoms with Gasteiger partial charge in [-0.15, -0.1) is 13.2 Å². The Balaban J connectivity index is 3.30. The topological polar surface area (TPSA) is 42.1 Å². The van der Waals surface area contributed by atoms with Gasteiger partial charge in [-0.05, 0) is 12.8 Å². The summed E-state index contributed by atoms with van der Waals surface area (Å²) in [6, 6.07) is 0. The molecule has 1 heterocycles. The molecule has 1 aromatic rings. The van der Waals surface area contributed by atoms with Gasteiger partial charge in [0.15, 0.2) is 5.43 Å². The average Bonchev–Trinajstić information content (AvgIpc) is 2.08. The van der Waals surface area contributed by atoms with E-state index < -0.39 is 17.7 Å². The molecule has 6 heteroatoms. The highest BCUT2D eigenvalue weighted by Crippen LogP contribution is 2.26. The highest BCUT2D eigenvalue weighted by Gasteiger charge is 2.33. The third-order valence-electron chi connectivity index (χ3n) is 2.06. The van der Waals surface area contributed by atoms with Crippen LogP contribution in [0.2, 0.25) is 0 Å². The van der Waals surface area contributed by atoms with Crippen molar-refractivity contribution in [3.8, 4) is 5.88 Å². The van der Waals surface area contributed by atoms with Crippen LogP contribution in [0.3, 0.4) is 0 Å². The van der Waals surface area contributed by atoms with Crippen molar-refractivity contribution in [2.75, 3.05) is 0 Å². The van der Waals surface area contributed by atoms with Crippen LogP contribution in [-0.2, 0) is 0 Å². The van der Waals surface area contributed by atoms with Gasteiger partial charge < -0.3 is 9.72 Å². The molecule has 0 spiro atoms. The van der Waals surface area contributed by atoms with E-state index in [1.54, 1.807) is 13.8 Å². The van der Waals surface area contributed by atoms with Crippen LogP contribution in [0.15, 0.2) is 11.0 Å². The fourth-order valence-electron chi connectivity index (χ4n) is 1.36. The van der Waals surface area contributed by atoms with Gasteiger partial charge in [-0.25, -0.2) is 0 Å². The molecule has 90 valence electrons. The maximum Gasteiger partial charge on any atom is 0.574 e. The van der Waals surface area contributed by atoms with Crippen LogP contribution in [0, 0.1) is 6.92 Å². The minimum atomic E-state index is -4.80. The Morgan fingerprint density at radius 2 is 1.94 bits per heavy atom. The number of aromatic amines is 1. The molecule has 0 aromatic carbocycles. The lowest BCUT2D eigenvalue weighted by molar-refractivity contribution is -0.276. The highest BCUT2D eigenvalue weighted by atomic mass is 19.4. The van der Waals surface area contributed by atoms with E-state index in [0.717, 1.165) is 0 Å². The maximum absolute atomic E-state index is 12.1. The molecule has 0 aliphatic rings. The Hall–Kier alpha value is -1.46. The first-order valence-corrected chi connectivity index (χ1v) is 4.70. The molecule has 3 nitrogen and oxygen atoms in total. The predicted molar refractivity (Wildman–Crippen MR) is 52.6 cm³/mol. The van der Waals surface area contributed by atoms with Crippen LogP contribution in [0.25, 0.3) is 0 Å². The van der Waals surface area contributed by atoms with E-state index in [4.69, 9.17) is 0 Å². The molecule has 0 saturated carbocycles. The summed E-state index contributed by atoms with van der Waals surface area (Å²) in [4.78, 5) is 14.0. The SMILES string of the molecule is Cc1c[nH]c(OC(F)(F)F)c(C(C)C)c1=O. The minimum absolute atomic E-state index is 0.0114. The summed E-state index contributed by atoms with van der Waals surface area (Å²) in [6.45, 7) is 4.79. The van der Waals surface area contributed by atoms with Crippen LogP contribution in [0.1, 0.15) is 30.9 Å². The van der Waals surface area contributed by atoms with Gasteiger partial charge in [-0.1, -0.05) is 13.8 Å². The fraction of sp³-hybridized carbons (Fsp3) is 0.500. The Bertz CT molecular complexity index is 435. The third kappa shape index (κ3) is 2.77. The lowest BCUT2D eigenvalue weighted by Crippen LogP contribution is -2.23. The summed E-state index contributed by atoms with van der Waals surface area (Å²) >= 11 is 0. The summed E-state index contributed by atoms with van der Waals surface area (Å²) in [5.74, 6) is -0.876. The van der Waals surface area contributed by atoms with Crippen molar-refractivity contribution in [3.05, 3.63) is 27.5 Å². The van der Waals surface area contributed by atoms with E-state index >= 15 is 0 Å². The zero-order valence-corrected chi connectivity index (χ0v) is 9.11. The van der Waals surface area contributed by atoms with Gasteiger partial charge in [0.05, 0.1) is 5.56 Å². The number of nitrogens with one attached hydrogen (secondary N) is 1. The van der Waals surface area contributed by atoms with Crippen molar-refractivity contribution in [3.63, 3.8) is 0 Å². The number of halogens is 3. The molecule has 0 amide bonds. The number of alkyl halides is 3. The summed E-state index contributed by atoms with van der Waals surface area (Å²) in [7, 11) is 0. The maximum atomic E-state index is 12.1. The molecule has 1 aromatic heterocycles. The van der Waals surface area contributed by atoms with E-state index in [-0.39, 0.29) is 11.5 Å². The van der Waals surface area contributed by atoms with E-state index in [1.165, 1.54) is 13.1 Å². The molecule has 1 rings (SSSR count). The number of pyridine rings is 1. The molecule has 0 radical (unpaired) electrons. The van der Waals surface area contributed by atoms with Gasteiger partial charge in [-0.2, -0.15) is 0 Å². The molecule has 0 aliphatic carbocycles. The van der Waals surface area contributed by atoms with Crippen LogP contribution < -0.4 is 10.2 Å². The van der Waals surface area contributed by atoms with Gasteiger partial charge >= 0.3 is 6.36 Å². The largest absolute Gasteiger partial charge is 0.574 e. The minimum Gasteiger partial charge on any atom is -0.389 e. The number of aromatic nitrogens is 1. The van der Waals surface area contributed by atoms with Crippen molar-refractivity contribution >= 4 is 0 Å². The zero-order valence-electron chi connectivity index (χ0n) is 9.11. The Morgan fingerprint density at radius 3 is 2.38 bits per heavy atom.